The lowest BCUT2D eigenvalue weighted by Gasteiger charge is -2.35. The normalized spacial score (nSPS) is 26.8. The molecule has 1 saturated heterocycles. The van der Waals surface area contributed by atoms with Crippen molar-refractivity contribution in [2.45, 2.75) is 50.6 Å². The zero-order chi connectivity index (χ0) is 17.9. The van der Waals surface area contributed by atoms with Crippen molar-refractivity contribution in [3.05, 3.63) is 71.8 Å². The molecule has 0 amide bonds. The number of benzene rings is 2. The van der Waals surface area contributed by atoms with E-state index in [0.717, 1.165) is 12.0 Å². The van der Waals surface area contributed by atoms with Crippen molar-refractivity contribution in [2.75, 3.05) is 6.61 Å². The fourth-order valence-electron chi connectivity index (χ4n) is 3.53. The molecule has 3 nitrogen and oxygen atoms in total. The molecule has 1 unspecified atom stereocenters. The van der Waals surface area contributed by atoms with Gasteiger partial charge in [-0.05, 0) is 32.8 Å². The molecule has 0 saturated carbocycles. The van der Waals surface area contributed by atoms with Crippen LogP contribution in [0.3, 0.4) is 0 Å². The van der Waals surface area contributed by atoms with Crippen molar-refractivity contribution in [1.82, 2.24) is 0 Å². The Bertz CT molecular complexity index is 669. The van der Waals surface area contributed by atoms with Crippen molar-refractivity contribution >= 4 is 10.5 Å². The average Bonchev–Trinajstić information content (AvgIpc) is 3.01. The van der Waals surface area contributed by atoms with Gasteiger partial charge in [0.25, 0.3) is 0 Å². The molecule has 2 aromatic rings. The van der Waals surface area contributed by atoms with Gasteiger partial charge in [0.05, 0.1) is 18.3 Å². The van der Waals surface area contributed by atoms with Crippen LogP contribution in [0.4, 0.5) is 0 Å². The number of hydrogen-bond donors (Lipinski definition) is 0. The Morgan fingerprint density at radius 3 is 2.20 bits per heavy atom. The molecule has 3 rings (SSSR count). The summed E-state index contributed by atoms with van der Waals surface area (Å²) in [5, 5.41) is 0. The predicted molar refractivity (Wildman–Crippen MR) is 104 cm³/mol. The van der Waals surface area contributed by atoms with Crippen molar-refractivity contribution < 1.29 is 13.9 Å². The highest BCUT2D eigenvalue weighted by atomic mass is 28.2. The minimum absolute atomic E-state index is 0.0126. The summed E-state index contributed by atoms with van der Waals surface area (Å²) in [5.41, 5.74) is 2.16. The van der Waals surface area contributed by atoms with Gasteiger partial charge in [0, 0.05) is 11.5 Å². The molecule has 25 heavy (non-hydrogen) atoms. The second-order valence-electron chi connectivity index (χ2n) is 7.60. The molecule has 4 heteroatoms. The van der Waals surface area contributed by atoms with Crippen LogP contribution in [-0.2, 0) is 19.7 Å². The predicted octanol–water partition coefficient (Wildman–Crippen LogP) is 3.52. The number of hydrogen-bond acceptors (Lipinski definition) is 3. The van der Waals surface area contributed by atoms with Crippen molar-refractivity contribution in [1.29, 1.82) is 0 Å². The largest absolute Gasteiger partial charge is 0.398 e. The third-order valence-electron chi connectivity index (χ3n) is 4.68. The van der Waals surface area contributed by atoms with Crippen LogP contribution in [0.15, 0.2) is 60.7 Å². The summed E-state index contributed by atoms with van der Waals surface area (Å²) in [4.78, 5) is 0. The van der Waals surface area contributed by atoms with Gasteiger partial charge in [-0.2, -0.15) is 0 Å². The van der Waals surface area contributed by atoms with Gasteiger partial charge in [-0.1, -0.05) is 60.7 Å². The minimum Gasteiger partial charge on any atom is -0.398 e. The maximum absolute atomic E-state index is 6.53. The topological polar surface area (TPSA) is 27.7 Å². The van der Waals surface area contributed by atoms with Gasteiger partial charge in [-0.15, -0.1) is 0 Å². The van der Waals surface area contributed by atoms with Gasteiger partial charge in [0.1, 0.15) is 10.5 Å². The lowest BCUT2D eigenvalue weighted by molar-refractivity contribution is -0.200. The molecule has 1 aliphatic rings. The van der Waals surface area contributed by atoms with Gasteiger partial charge in [0.15, 0.2) is 5.79 Å². The zero-order valence-corrected chi connectivity index (χ0v) is 17.6. The van der Waals surface area contributed by atoms with Crippen molar-refractivity contribution in [2.24, 2.45) is 0 Å². The van der Waals surface area contributed by atoms with Crippen LogP contribution < -0.4 is 0 Å². The Balaban J connectivity index is 1.94. The Labute approximate surface area is 153 Å². The fourth-order valence-corrected chi connectivity index (χ4v) is 4.15. The summed E-state index contributed by atoms with van der Waals surface area (Å²) in [6.07, 6.45) is 0.899. The first-order valence-electron chi connectivity index (χ1n) is 8.92. The lowest BCUT2D eigenvalue weighted by atomic mass is 9.85. The van der Waals surface area contributed by atoms with E-state index in [-0.39, 0.29) is 17.6 Å². The first kappa shape index (κ1) is 18.3. The summed E-state index contributed by atoms with van der Waals surface area (Å²) in [6, 6.07) is 20.8. The summed E-state index contributed by atoms with van der Waals surface area (Å²) < 4.78 is 18.7. The lowest BCUT2D eigenvalue weighted by Crippen LogP contribution is -2.35. The average molecular weight is 357 g/mol. The van der Waals surface area contributed by atoms with Crippen LogP contribution in [0.2, 0.25) is 0 Å². The monoisotopic (exact) mass is 356 g/mol. The minimum atomic E-state index is -0.721. The van der Waals surface area contributed by atoms with Gasteiger partial charge in [-0.3, -0.25) is 0 Å². The standard InChI is InChI=1S/C21H28O3Si/c1-20(2,3)22-15-18-14-19(16-10-6-4-7-11-16)21(23-18,24-25)17-12-8-5-9-13-17/h4-13,18-19H,14-15H2,1-3,25H3/t18-,19-,21?/m0/s1. The first-order valence-corrected chi connectivity index (χ1v) is 9.73. The van der Waals surface area contributed by atoms with Crippen molar-refractivity contribution in [3.63, 3.8) is 0 Å². The Kier molecular flexibility index (Phi) is 5.44. The molecule has 0 spiro atoms. The second kappa shape index (κ2) is 7.42. The van der Waals surface area contributed by atoms with Crippen molar-refractivity contribution in [3.8, 4) is 0 Å². The van der Waals surface area contributed by atoms with E-state index in [0.29, 0.717) is 17.1 Å². The molecule has 0 N–H and O–H groups in total. The number of ether oxygens (including phenoxy) is 2. The molecule has 0 radical (unpaired) electrons. The van der Waals surface area contributed by atoms with E-state index in [1.807, 2.05) is 24.3 Å². The van der Waals surface area contributed by atoms with Crippen LogP contribution in [0.5, 0.6) is 0 Å². The maximum atomic E-state index is 6.53. The van der Waals surface area contributed by atoms with E-state index in [2.05, 4.69) is 57.2 Å². The Morgan fingerprint density at radius 2 is 1.64 bits per heavy atom. The van der Waals surface area contributed by atoms with E-state index >= 15 is 0 Å². The van der Waals surface area contributed by atoms with E-state index < -0.39 is 5.79 Å². The highest BCUT2D eigenvalue weighted by Crippen LogP contribution is 2.50. The van der Waals surface area contributed by atoms with Gasteiger partial charge in [-0.25, -0.2) is 0 Å². The molecule has 1 fully saturated rings. The van der Waals surface area contributed by atoms with Gasteiger partial charge < -0.3 is 13.9 Å². The van der Waals surface area contributed by atoms with Crippen LogP contribution in [0.1, 0.15) is 44.2 Å². The van der Waals surface area contributed by atoms with Gasteiger partial charge >= 0.3 is 0 Å². The van der Waals surface area contributed by atoms with E-state index in [9.17, 15) is 0 Å². The smallest absolute Gasteiger partial charge is 0.192 e. The van der Waals surface area contributed by atoms with E-state index in [4.69, 9.17) is 13.9 Å². The van der Waals surface area contributed by atoms with Crippen LogP contribution >= 0.6 is 0 Å². The molecule has 2 aromatic carbocycles. The summed E-state index contributed by atoms with van der Waals surface area (Å²) in [6.45, 7) is 6.80. The van der Waals surface area contributed by atoms with Crippen LogP contribution in [0.25, 0.3) is 0 Å². The summed E-state index contributed by atoms with van der Waals surface area (Å²) >= 11 is 0. The van der Waals surface area contributed by atoms with E-state index in [1.54, 1.807) is 0 Å². The fraction of sp³-hybridized carbons (Fsp3) is 0.429. The molecule has 3 atom stereocenters. The Hall–Kier alpha value is -1.46. The summed E-state index contributed by atoms with van der Waals surface area (Å²) in [7, 11) is 0.600. The first-order chi connectivity index (χ1) is 11.9. The molecule has 1 aliphatic heterocycles. The Morgan fingerprint density at radius 1 is 1.04 bits per heavy atom. The molecule has 0 aromatic heterocycles. The highest BCUT2D eigenvalue weighted by molar-refractivity contribution is 5.98. The molecule has 1 heterocycles. The number of rotatable bonds is 5. The SMILES string of the molecule is CC(C)(C)OC[C@@H]1C[C@@H](c2ccccc2)C(O[SiH3])(c2ccccc2)O1. The second-order valence-corrected chi connectivity index (χ2v) is 8.01. The van der Waals surface area contributed by atoms with Crippen LogP contribution in [0, 0.1) is 0 Å². The molecule has 134 valence electrons. The molecular formula is C21H28O3Si. The highest BCUT2D eigenvalue weighted by Gasteiger charge is 2.50. The molecule has 0 bridgehead atoms. The third-order valence-corrected chi connectivity index (χ3v) is 5.29. The third kappa shape index (κ3) is 4.03. The quantitative estimate of drug-likeness (QED) is 0.767. The maximum Gasteiger partial charge on any atom is 0.192 e. The zero-order valence-electron chi connectivity index (χ0n) is 15.6. The summed E-state index contributed by atoms with van der Waals surface area (Å²) in [5.74, 6) is -0.567. The molecule has 0 aliphatic carbocycles. The van der Waals surface area contributed by atoms with Crippen LogP contribution in [-0.4, -0.2) is 28.8 Å². The van der Waals surface area contributed by atoms with Gasteiger partial charge in [0.2, 0.25) is 0 Å². The molecular weight excluding hydrogens is 328 g/mol. The van der Waals surface area contributed by atoms with E-state index in [1.165, 1.54) is 5.56 Å².